The van der Waals surface area contributed by atoms with Crippen molar-refractivity contribution < 1.29 is 4.39 Å². The van der Waals surface area contributed by atoms with Gasteiger partial charge in [0.25, 0.3) is 0 Å². The van der Waals surface area contributed by atoms with Crippen LogP contribution in [0.15, 0.2) is 30.6 Å². The van der Waals surface area contributed by atoms with Crippen LogP contribution in [0.2, 0.25) is 0 Å². The molecule has 16 heavy (non-hydrogen) atoms. The Labute approximate surface area is 92.7 Å². The molecule has 0 aliphatic carbocycles. The van der Waals surface area contributed by atoms with Gasteiger partial charge < -0.3 is 5.73 Å². The normalized spacial score (nSPS) is 9.62. The minimum absolute atomic E-state index is 0.295. The summed E-state index contributed by atoms with van der Waals surface area (Å²) in [6.07, 6.45) is 3.38. The maximum atomic E-state index is 13.3. The number of nitrogen functional groups attached to an aromatic ring is 1. The van der Waals surface area contributed by atoms with Crippen molar-refractivity contribution in [2.75, 3.05) is 5.73 Å². The first-order valence-corrected chi connectivity index (χ1v) is 4.71. The summed E-state index contributed by atoms with van der Waals surface area (Å²) in [5.41, 5.74) is 7.08. The second-order valence-electron chi connectivity index (χ2n) is 3.39. The smallest absolute Gasteiger partial charge is 0.138 e. The molecule has 0 unspecified atom stereocenters. The van der Waals surface area contributed by atoms with E-state index in [1.54, 1.807) is 24.1 Å². The zero-order valence-corrected chi connectivity index (χ0v) is 8.74. The van der Waals surface area contributed by atoms with E-state index in [0.29, 0.717) is 11.3 Å². The highest BCUT2D eigenvalue weighted by molar-refractivity contribution is 5.49. The van der Waals surface area contributed by atoms with E-state index in [1.165, 1.54) is 18.2 Å². The molecular formula is C12H10FN3. The van der Waals surface area contributed by atoms with E-state index in [9.17, 15) is 4.39 Å². The van der Waals surface area contributed by atoms with Gasteiger partial charge in [0.1, 0.15) is 5.82 Å². The molecule has 0 aliphatic heterocycles. The zero-order chi connectivity index (χ0) is 11.5. The predicted octanol–water partition coefficient (Wildman–Crippen LogP) is 1.54. The molecule has 0 saturated carbocycles. The van der Waals surface area contributed by atoms with Crippen molar-refractivity contribution in [2.45, 2.75) is 0 Å². The summed E-state index contributed by atoms with van der Waals surface area (Å²) in [4.78, 5) is 0. The molecular weight excluding hydrogens is 205 g/mol. The Hall–Kier alpha value is -2.28. The van der Waals surface area contributed by atoms with Gasteiger partial charge in [-0.05, 0) is 18.2 Å². The lowest BCUT2D eigenvalue weighted by molar-refractivity contribution is 0.624. The number of benzene rings is 1. The number of hydrogen-bond donors (Lipinski definition) is 1. The van der Waals surface area contributed by atoms with E-state index in [1.807, 2.05) is 0 Å². The Kier molecular flexibility index (Phi) is 2.61. The monoisotopic (exact) mass is 215 g/mol. The highest BCUT2D eigenvalue weighted by atomic mass is 19.1. The minimum atomic E-state index is -0.370. The van der Waals surface area contributed by atoms with Gasteiger partial charge in [0.2, 0.25) is 0 Å². The SMILES string of the molecule is Cn1cc(C#Cc2cc(N)ccc2F)cn1. The van der Waals surface area contributed by atoms with Crippen LogP contribution in [0.4, 0.5) is 10.1 Å². The van der Waals surface area contributed by atoms with Crippen LogP contribution in [0.25, 0.3) is 0 Å². The fourth-order valence-corrected chi connectivity index (χ4v) is 1.26. The van der Waals surface area contributed by atoms with Gasteiger partial charge in [0.05, 0.1) is 17.3 Å². The van der Waals surface area contributed by atoms with E-state index in [2.05, 4.69) is 16.9 Å². The summed E-state index contributed by atoms with van der Waals surface area (Å²) < 4.78 is 14.9. The van der Waals surface area contributed by atoms with Crippen molar-refractivity contribution in [3.8, 4) is 11.8 Å². The summed E-state index contributed by atoms with van der Waals surface area (Å²) in [6.45, 7) is 0. The Bertz CT molecular complexity index is 575. The van der Waals surface area contributed by atoms with Crippen LogP contribution >= 0.6 is 0 Å². The number of nitrogens with zero attached hydrogens (tertiary/aromatic N) is 2. The largest absolute Gasteiger partial charge is 0.399 e. The van der Waals surface area contributed by atoms with Crippen molar-refractivity contribution in [2.24, 2.45) is 7.05 Å². The minimum Gasteiger partial charge on any atom is -0.399 e. The Morgan fingerprint density at radius 3 is 2.88 bits per heavy atom. The van der Waals surface area contributed by atoms with Crippen LogP contribution in [0.1, 0.15) is 11.1 Å². The second-order valence-corrected chi connectivity index (χ2v) is 3.39. The number of halogens is 1. The summed E-state index contributed by atoms with van der Waals surface area (Å²) >= 11 is 0. The van der Waals surface area contributed by atoms with Crippen molar-refractivity contribution >= 4 is 5.69 Å². The van der Waals surface area contributed by atoms with Crippen LogP contribution in [0.5, 0.6) is 0 Å². The van der Waals surface area contributed by atoms with Gasteiger partial charge in [-0.15, -0.1) is 0 Å². The maximum Gasteiger partial charge on any atom is 0.138 e. The topological polar surface area (TPSA) is 43.8 Å². The molecule has 0 amide bonds. The molecule has 0 fully saturated rings. The summed E-state index contributed by atoms with van der Waals surface area (Å²) in [6, 6.07) is 4.33. The third kappa shape index (κ3) is 2.20. The molecule has 0 saturated heterocycles. The molecule has 1 aromatic heterocycles. The average Bonchev–Trinajstić information content (AvgIpc) is 2.66. The molecule has 0 spiro atoms. The Balaban J connectivity index is 2.33. The fourth-order valence-electron chi connectivity index (χ4n) is 1.26. The number of aromatic nitrogens is 2. The van der Waals surface area contributed by atoms with Crippen molar-refractivity contribution in [3.05, 3.63) is 47.5 Å². The standard InChI is InChI=1S/C12H10FN3/c1-16-8-9(7-15-16)2-3-10-6-11(14)4-5-12(10)13/h4-8H,14H2,1H3. The summed E-state index contributed by atoms with van der Waals surface area (Å²) in [5.74, 6) is 5.18. The van der Waals surface area contributed by atoms with E-state index in [0.717, 1.165) is 5.56 Å². The van der Waals surface area contributed by atoms with Crippen LogP contribution in [-0.4, -0.2) is 9.78 Å². The van der Waals surface area contributed by atoms with Crippen molar-refractivity contribution in [3.63, 3.8) is 0 Å². The molecule has 1 heterocycles. The third-order valence-corrected chi connectivity index (χ3v) is 2.04. The lowest BCUT2D eigenvalue weighted by Gasteiger charge is -1.95. The van der Waals surface area contributed by atoms with Crippen molar-refractivity contribution in [1.29, 1.82) is 0 Å². The van der Waals surface area contributed by atoms with Gasteiger partial charge in [0.15, 0.2) is 0 Å². The number of nitrogens with two attached hydrogens (primary N) is 1. The van der Waals surface area contributed by atoms with E-state index < -0.39 is 0 Å². The maximum absolute atomic E-state index is 13.3. The second kappa shape index (κ2) is 4.07. The highest BCUT2D eigenvalue weighted by Crippen LogP contribution is 2.10. The predicted molar refractivity (Wildman–Crippen MR) is 60.0 cm³/mol. The van der Waals surface area contributed by atoms with E-state index in [-0.39, 0.29) is 5.82 Å². The van der Waals surface area contributed by atoms with Gasteiger partial charge in [-0.25, -0.2) is 4.39 Å². The van der Waals surface area contributed by atoms with E-state index >= 15 is 0 Å². The Morgan fingerprint density at radius 2 is 2.19 bits per heavy atom. The first-order chi connectivity index (χ1) is 7.65. The van der Waals surface area contributed by atoms with Gasteiger partial charge in [-0.1, -0.05) is 11.8 Å². The lowest BCUT2D eigenvalue weighted by atomic mass is 10.2. The number of aryl methyl sites for hydroxylation is 1. The first-order valence-electron chi connectivity index (χ1n) is 4.71. The fraction of sp³-hybridized carbons (Fsp3) is 0.0833. The average molecular weight is 215 g/mol. The molecule has 1 aromatic carbocycles. The molecule has 0 bridgehead atoms. The number of anilines is 1. The molecule has 0 atom stereocenters. The van der Waals surface area contributed by atoms with Gasteiger partial charge >= 0.3 is 0 Å². The summed E-state index contributed by atoms with van der Waals surface area (Å²) in [7, 11) is 1.80. The molecule has 4 heteroatoms. The van der Waals surface area contributed by atoms with Gasteiger partial charge in [-0.3, -0.25) is 4.68 Å². The van der Waals surface area contributed by atoms with Crippen LogP contribution < -0.4 is 5.73 Å². The number of hydrogen-bond acceptors (Lipinski definition) is 2. The molecule has 3 nitrogen and oxygen atoms in total. The molecule has 2 rings (SSSR count). The summed E-state index contributed by atoms with van der Waals surface area (Å²) in [5, 5.41) is 3.96. The Morgan fingerprint density at radius 1 is 1.38 bits per heavy atom. The molecule has 0 aliphatic rings. The molecule has 80 valence electrons. The lowest BCUT2D eigenvalue weighted by Crippen LogP contribution is -1.89. The van der Waals surface area contributed by atoms with Crippen molar-refractivity contribution in [1.82, 2.24) is 9.78 Å². The quantitative estimate of drug-likeness (QED) is 0.535. The molecule has 0 radical (unpaired) electrons. The molecule has 2 aromatic rings. The molecule has 2 N–H and O–H groups in total. The highest BCUT2D eigenvalue weighted by Gasteiger charge is 1.98. The van der Waals surface area contributed by atoms with E-state index in [4.69, 9.17) is 5.73 Å². The van der Waals surface area contributed by atoms with Crippen LogP contribution in [0, 0.1) is 17.7 Å². The zero-order valence-electron chi connectivity index (χ0n) is 8.74. The number of rotatable bonds is 0. The van der Waals surface area contributed by atoms with Gasteiger partial charge in [-0.2, -0.15) is 5.10 Å². The first kappa shape index (κ1) is 10.2. The van der Waals surface area contributed by atoms with Crippen LogP contribution in [-0.2, 0) is 7.05 Å². The van der Waals surface area contributed by atoms with Gasteiger partial charge in [0, 0.05) is 18.9 Å². The van der Waals surface area contributed by atoms with Crippen LogP contribution in [0.3, 0.4) is 0 Å². The third-order valence-electron chi connectivity index (χ3n) is 2.04.